The van der Waals surface area contributed by atoms with Gasteiger partial charge in [0.25, 0.3) is 0 Å². The molecule has 1 N–H and O–H groups in total. The zero-order valence-corrected chi connectivity index (χ0v) is 14.6. The van der Waals surface area contributed by atoms with Crippen LogP contribution in [0, 0.1) is 5.82 Å². The Morgan fingerprint density at radius 2 is 1.92 bits per heavy atom. The normalized spacial score (nSPS) is 17.5. The smallest absolute Gasteiger partial charge is 0.234 e. The van der Waals surface area contributed by atoms with Crippen LogP contribution in [0.15, 0.2) is 24.3 Å². The van der Waals surface area contributed by atoms with Gasteiger partial charge in [0.05, 0.1) is 6.54 Å². The van der Waals surface area contributed by atoms with Crippen molar-refractivity contribution in [3.05, 3.63) is 30.1 Å². The summed E-state index contributed by atoms with van der Waals surface area (Å²) < 4.78 is 19.0. The second-order valence-corrected chi connectivity index (χ2v) is 6.27. The molecule has 1 heterocycles. The third kappa shape index (κ3) is 6.09. The summed E-state index contributed by atoms with van der Waals surface area (Å²) in [5.74, 6) is 0.0770. The van der Waals surface area contributed by atoms with Gasteiger partial charge in [0.2, 0.25) is 5.91 Å². The molecule has 24 heavy (non-hydrogen) atoms. The second-order valence-electron chi connectivity index (χ2n) is 6.27. The fourth-order valence-electron chi connectivity index (χ4n) is 2.64. The molecule has 134 valence electrons. The van der Waals surface area contributed by atoms with Gasteiger partial charge < -0.3 is 10.1 Å². The van der Waals surface area contributed by atoms with Gasteiger partial charge in [-0.3, -0.25) is 14.6 Å². The van der Waals surface area contributed by atoms with E-state index in [1.165, 1.54) is 6.07 Å². The number of halogens is 1. The molecule has 1 aromatic carbocycles. The standard InChI is InChI=1S/C18H28FN3O2/c1-3-15(2)20-18(23)14-22-10-8-21(9-11-22)12-13-24-17-7-5-4-6-16(17)19/h4-7,15H,3,8-14H2,1-2H3,(H,20,23). The molecular formula is C18H28FN3O2. The van der Waals surface area contributed by atoms with Crippen LogP contribution in [0.1, 0.15) is 20.3 Å². The fourth-order valence-corrected chi connectivity index (χ4v) is 2.64. The number of hydrogen-bond donors (Lipinski definition) is 1. The lowest BCUT2D eigenvalue weighted by molar-refractivity contribution is -0.123. The maximum Gasteiger partial charge on any atom is 0.234 e. The van der Waals surface area contributed by atoms with Gasteiger partial charge in [0, 0.05) is 38.8 Å². The van der Waals surface area contributed by atoms with Gasteiger partial charge in [-0.1, -0.05) is 19.1 Å². The number of rotatable bonds is 8. The van der Waals surface area contributed by atoms with Crippen LogP contribution in [0.4, 0.5) is 4.39 Å². The lowest BCUT2D eigenvalue weighted by Crippen LogP contribution is -2.50. The SMILES string of the molecule is CCC(C)NC(=O)CN1CCN(CCOc2ccccc2F)CC1. The van der Waals surface area contributed by atoms with Crippen LogP contribution in [0.2, 0.25) is 0 Å². The fraction of sp³-hybridized carbons (Fsp3) is 0.611. The third-order valence-electron chi connectivity index (χ3n) is 4.35. The Kier molecular flexibility index (Phi) is 7.46. The Labute approximate surface area is 143 Å². The first-order chi connectivity index (χ1) is 11.6. The molecule has 1 aliphatic heterocycles. The van der Waals surface area contributed by atoms with Crippen LogP contribution in [0.5, 0.6) is 5.75 Å². The maximum atomic E-state index is 13.5. The van der Waals surface area contributed by atoms with Crippen molar-refractivity contribution in [3.63, 3.8) is 0 Å². The lowest BCUT2D eigenvalue weighted by Gasteiger charge is -2.34. The summed E-state index contributed by atoms with van der Waals surface area (Å²) in [7, 11) is 0. The minimum Gasteiger partial charge on any atom is -0.489 e. The number of ether oxygens (including phenoxy) is 1. The van der Waals surface area contributed by atoms with Crippen molar-refractivity contribution in [1.82, 2.24) is 15.1 Å². The molecule has 0 spiro atoms. The molecule has 1 amide bonds. The zero-order valence-electron chi connectivity index (χ0n) is 14.6. The predicted octanol–water partition coefficient (Wildman–Crippen LogP) is 1.74. The number of benzene rings is 1. The summed E-state index contributed by atoms with van der Waals surface area (Å²) in [5, 5.41) is 3.00. The van der Waals surface area contributed by atoms with Crippen molar-refractivity contribution >= 4 is 5.91 Å². The highest BCUT2D eigenvalue weighted by Crippen LogP contribution is 2.15. The summed E-state index contributed by atoms with van der Waals surface area (Å²) in [6.45, 7) is 9.31. The Hall–Kier alpha value is -1.66. The minimum absolute atomic E-state index is 0.0979. The number of piperazine rings is 1. The maximum absolute atomic E-state index is 13.5. The number of carbonyl (C=O) groups is 1. The topological polar surface area (TPSA) is 44.8 Å². The highest BCUT2D eigenvalue weighted by atomic mass is 19.1. The number of nitrogens with zero attached hydrogens (tertiary/aromatic N) is 2. The van der Waals surface area contributed by atoms with Gasteiger partial charge in [0.1, 0.15) is 6.61 Å². The first-order valence-corrected chi connectivity index (χ1v) is 8.70. The lowest BCUT2D eigenvalue weighted by atomic mass is 10.2. The average Bonchev–Trinajstić information content (AvgIpc) is 2.58. The number of amides is 1. The van der Waals surface area contributed by atoms with Crippen LogP contribution in [0.3, 0.4) is 0 Å². The number of carbonyl (C=O) groups excluding carboxylic acids is 1. The molecule has 1 saturated heterocycles. The van der Waals surface area contributed by atoms with Gasteiger partial charge in [0.15, 0.2) is 11.6 Å². The van der Waals surface area contributed by atoms with Crippen molar-refractivity contribution in [2.24, 2.45) is 0 Å². The number of nitrogens with one attached hydrogen (secondary N) is 1. The van der Waals surface area contributed by atoms with Gasteiger partial charge in [-0.15, -0.1) is 0 Å². The summed E-state index contributed by atoms with van der Waals surface area (Å²) in [5.41, 5.74) is 0. The van der Waals surface area contributed by atoms with E-state index < -0.39 is 0 Å². The van der Waals surface area contributed by atoms with E-state index in [2.05, 4.69) is 22.0 Å². The van der Waals surface area contributed by atoms with E-state index >= 15 is 0 Å². The van der Waals surface area contributed by atoms with Gasteiger partial charge in [-0.2, -0.15) is 0 Å². The molecule has 0 saturated carbocycles. The first kappa shape index (κ1) is 18.7. The second kappa shape index (κ2) is 9.59. The highest BCUT2D eigenvalue weighted by Gasteiger charge is 2.19. The van der Waals surface area contributed by atoms with E-state index in [0.29, 0.717) is 18.9 Å². The van der Waals surface area contributed by atoms with E-state index in [4.69, 9.17) is 4.74 Å². The summed E-state index contributed by atoms with van der Waals surface area (Å²) in [6, 6.07) is 6.69. The van der Waals surface area contributed by atoms with Crippen LogP contribution in [-0.2, 0) is 4.79 Å². The largest absolute Gasteiger partial charge is 0.489 e. The van der Waals surface area contributed by atoms with Gasteiger partial charge in [-0.05, 0) is 25.5 Å². The zero-order chi connectivity index (χ0) is 17.4. The molecule has 0 aliphatic carbocycles. The molecule has 2 rings (SSSR count). The van der Waals surface area contributed by atoms with Crippen molar-refractivity contribution in [1.29, 1.82) is 0 Å². The van der Waals surface area contributed by atoms with Crippen LogP contribution in [-0.4, -0.2) is 67.6 Å². The highest BCUT2D eigenvalue weighted by molar-refractivity contribution is 5.78. The first-order valence-electron chi connectivity index (χ1n) is 8.70. The van der Waals surface area contributed by atoms with Gasteiger partial charge >= 0.3 is 0 Å². The molecule has 6 heteroatoms. The van der Waals surface area contributed by atoms with Crippen molar-refractivity contribution in [2.75, 3.05) is 45.9 Å². The molecule has 0 bridgehead atoms. The van der Waals surface area contributed by atoms with Crippen LogP contribution < -0.4 is 10.1 Å². The molecule has 1 atom stereocenters. The van der Waals surface area contributed by atoms with E-state index in [0.717, 1.165) is 39.1 Å². The Balaban J connectivity index is 1.62. The Morgan fingerprint density at radius 3 is 2.58 bits per heavy atom. The van der Waals surface area contributed by atoms with E-state index in [-0.39, 0.29) is 17.8 Å². The van der Waals surface area contributed by atoms with Crippen LogP contribution >= 0.6 is 0 Å². The van der Waals surface area contributed by atoms with Gasteiger partial charge in [-0.25, -0.2) is 4.39 Å². The quantitative estimate of drug-likeness (QED) is 0.785. The van der Waals surface area contributed by atoms with Crippen LogP contribution in [0.25, 0.3) is 0 Å². The monoisotopic (exact) mass is 337 g/mol. The molecule has 5 nitrogen and oxygen atoms in total. The average molecular weight is 337 g/mol. The summed E-state index contributed by atoms with van der Waals surface area (Å²) in [6.07, 6.45) is 0.946. The molecular weight excluding hydrogens is 309 g/mol. The van der Waals surface area contributed by atoms with Crippen molar-refractivity contribution in [2.45, 2.75) is 26.3 Å². The minimum atomic E-state index is -0.324. The molecule has 0 radical (unpaired) electrons. The number of para-hydroxylation sites is 1. The van der Waals surface area contributed by atoms with E-state index in [9.17, 15) is 9.18 Å². The molecule has 1 aliphatic rings. The van der Waals surface area contributed by atoms with Crippen molar-refractivity contribution < 1.29 is 13.9 Å². The Bertz CT molecular complexity index is 519. The van der Waals surface area contributed by atoms with Crippen molar-refractivity contribution in [3.8, 4) is 5.75 Å². The molecule has 1 fully saturated rings. The number of hydrogen-bond acceptors (Lipinski definition) is 4. The molecule has 0 aromatic heterocycles. The molecule has 1 aromatic rings. The van der Waals surface area contributed by atoms with E-state index in [1.807, 2.05) is 6.92 Å². The third-order valence-corrected chi connectivity index (χ3v) is 4.35. The summed E-state index contributed by atoms with van der Waals surface area (Å²) in [4.78, 5) is 16.4. The Morgan fingerprint density at radius 1 is 1.25 bits per heavy atom. The predicted molar refractivity (Wildman–Crippen MR) is 92.7 cm³/mol. The van der Waals surface area contributed by atoms with E-state index in [1.54, 1.807) is 18.2 Å². The molecule has 1 unspecified atom stereocenters. The summed E-state index contributed by atoms with van der Waals surface area (Å²) >= 11 is 0.